The zero-order chi connectivity index (χ0) is 28.0. The molecule has 8 nitrogen and oxygen atoms in total. The summed E-state index contributed by atoms with van der Waals surface area (Å²) >= 11 is 0. The van der Waals surface area contributed by atoms with E-state index in [1.54, 1.807) is 6.07 Å². The zero-order valence-electron chi connectivity index (χ0n) is 23.0. The van der Waals surface area contributed by atoms with Crippen molar-refractivity contribution in [2.75, 3.05) is 52.3 Å². The summed E-state index contributed by atoms with van der Waals surface area (Å²) in [4.78, 5) is 18.5. The smallest absolute Gasteiger partial charge is 0.167 e. The molecule has 3 N–H and O–H groups in total. The number of rotatable bonds is 16. The molecule has 1 aromatic heterocycles. The number of hydrogen-bond acceptors (Lipinski definition) is 8. The van der Waals surface area contributed by atoms with Crippen LogP contribution in [0.2, 0.25) is 0 Å². The third-order valence-electron chi connectivity index (χ3n) is 6.68. The van der Waals surface area contributed by atoms with Crippen LogP contribution >= 0.6 is 0 Å². The van der Waals surface area contributed by atoms with Gasteiger partial charge in [0.15, 0.2) is 5.83 Å². The van der Waals surface area contributed by atoms with Crippen LogP contribution in [0.4, 0.5) is 20.3 Å². The van der Waals surface area contributed by atoms with Crippen LogP contribution < -0.4 is 16.0 Å². The fourth-order valence-corrected chi connectivity index (χ4v) is 4.64. The molecule has 0 saturated carbocycles. The number of pyridine rings is 1. The van der Waals surface area contributed by atoms with Crippen LogP contribution in [0.3, 0.4) is 0 Å². The van der Waals surface area contributed by atoms with E-state index >= 15 is 0 Å². The molecule has 1 aromatic carbocycles. The number of halogens is 2. The van der Waals surface area contributed by atoms with Crippen LogP contribution in [0, 0.1) is 5.82 Å². The molecule has 10 heteroatoms. The molecule has 0 amide bonds. The predicted molar refractivity (Wildman–Crippen MR) is 158 cm³/mol. The molecule has 1 unspecified atom stereocenters. The highest BCUT2D eigenvalue weighted by Gasteiger charge is 2.17. The van der Waals surface area contributed by atoms with Gasteiger partial charge in [-0.25, -0.2) is 13.8 Å². The Hall–Kier alpha value is -3.34. The van der Waals surface area contributed by atoms with Crippen molar-refractivity contribution in [1.29, 1.82) is 0 Å². The molecule has 2 aromatic rings. The second-order valence-electron chi connectivity index (χ2n) is 9.69. The van der Waals surface area contributed by atoms with Crippen LogP contribution in [0.1, 0.15) is 36.0 Å². The maximum atomic E-state index is 14.9. The molecular weight excluding hydrogens is 498 g/mol. The number of likely N-dealkylation sites (N-methyl/N-ethyl adjacent to an activating group) is 1. The van der Waals surface area contributed by atoms with Crippen molar-refractivity contribution >= 4 is 30.7 Å². The first-order valence-corrected chi connectivity index (χ1v) is 13.4. The Bertz CT molecular complexity index is 1140. The first-order chi connectivity index (χ1) is 18.9. The standard InChI is InChI=1S/C29H40F2N8/c1-32-12-5-7-22-15-23(16-25(30)28(22)34-3)29(26(31)18-33-2)38-20-37-27-10-9-21(17-36-27)11-14-39(4)19-24-8-6-13-35-24/h9-10,15-18,24,32,35H,2-3,5-8,11-14,19-20H2,1,4H3,(H,36,37)/b26-18+,38-29-. The summed E-state index contributed by atoms with van der Waals surface area (Å²) in [5, 5.41) is 9.68. The summed E-state index contributed by atoms with van der Waals surface area (Å²) in [7, 11) is 3.99. The topological polar surface area (TPSA) is 89.3 Å². The average molecular weight is 539 g/mol. The molecule has 0 aliphatic carbocycles. The maximum absolute atomic E-state index is 14.9. The van der Waals surface area contributed by atoms with Gasteiger partial charge in [0, 0.05) is 30.9 Å². The highest BCUT2D eigenvalue weighted by molar-refractivity contribution is 6.11. The fourth-order valence-electron chi connectivity index (χ4n) is 4.64. The fraction of sp³-hybridized carbons (Fsp3) is 0.448. The van der Waals surface area contributed by atoms with Gasteiger partial charge in [0.2, 0.25) is 0 Å². The van der Waals surface area contributed by atoms with E-state index in [9.17, 15) is 8.78 Å². The number of allylic oxidation sites excluding steroid dienone is 1. The number of hydrogen-bond donors (Lipinski definition) is 3. The first kappa shape index (κ1) is 30.2. The van der Waals surface area contributed by atoms with E-state index in [-0.39, 0.29) is 18.1 Å². The number of benzene rings is 1. The molecule has 1 aliphatic heterocycles. The molecule has 3 rings (SSSR count). The largest absolute Gasteiger partial charge is 0.351 e. The van der Waals surface area contributed by atoms with E-state index in [1.807, 2.05) is 25.4 Å². The molecule has 210 valence electrons. The Morgan fingerprint density at radius 3 is 2.79 bits per heavy atom. The van der Waals surface area contributed by atoms with Crippen molar-refractivity contribution in [3.8, 4) is 0 Å². The predicted octanol–water partition coefficient (Wildman–Crippen LogP) is 4.30. The highest BCUT2D eigenvalue weighted by atomic mass is 19.1. The third kappa shape index (κ3) is 9.42. The minimum atomic E-state index is -0.716. The second-order valence-corrected chi connectivity index (χ2v) is 9.69. The van der Waals surface area contributed by atoms with E-state index in [0.717, 1.165) is 50.8 Å². The molecule has 2 heterocycles. The number of aryl methyl sites for hydroxylation is 1. The number of aromatic nitrogens is 1. The molecule has 1 fully saturated rings. The van der Waals surface area contributed by atoms with Gasteiger partial charge in [-0.05, 0) is 102 Å². The molecule has 1 saturated heterocycles. The Morgan fingerprint density at radius 1 is 1.28 bits per heavy atom. The van der Waals surface area contributed by atoms with Gasteiger partial charge in [0.25, 0.3) is 0 Å². The van der Waals surface area contributed by atoms with Gasteiger partial charge in [-0.1, -0.05) is 6.07 Å². The lowest BCUT2D eigenvalue weighted by Crippen LogP contribution is -2.36. The quantitative estimate of drug-likeness (QED) is 0.219. The summed E-state index contributed by atoms with van der Waals surface area (Å²) in [6.45, 7) is 10.7. The van der Waals surface area contributed by atoms with Crippen LogP contribution in [0.15, 0.2) is 57.5 Å². The Labute approximate surface area is 230 Å². The lowest BCUT2D eigenvalue weighted by Gasteiger charge is -2.20. The summed E-state index contributed by atoms with van der Waals surface area (Å²) in [6.07, 6.45) is 7.52. The van der Waals surface area contributed by atoms with Crippen LogP contribution in [-0.4, -0.2) is 82.0 Å². The van der Waals surface area contributed by atoms with E-state index in [4.69, 9.17) is 0 Å². The van der Waals surface area contributed by atoms with Gasteiger partial charge in [-0.3, -0.25) is 15.0 Å². The lowest BCUT2D eigenvalue weighted by atomic mass is 10.00. The zero-order valence-corrected chi connectivity index (χ0v) is 23.0. The van der Waals surface area contributed by atoms with Crippen molar-refractivity contribution in [2.45, 2.75) is 38.1 Å². The minimum Gasteiger partial charge on any atom is -0.351 e. The van der Waals surface area contributed by atoms with Gasteiger partial charge in [0.1, 0.15) is 29.7 Å². The molecule has 0 radical (unpaired) electrons. The van der Waals surface area contributed by atoms with E-state index in [1.165, 1.54) is 18.9 Å². The Kier molecular flexibility index (Phi) is 12.3. The molecular formula is C29H40F2N8. The van der Waals surface area contributed by atoms with Gasteiger partial charge in [-0.15, -0.1) is 0 Å². The number of nitrogens with one attached hydrogen (secondary N) is 3. The van der Waals surface area contributed by atoms with Crippen molar-refractivity contribution in [3.05, 3.63) is 65.0 Å². The normalized spacial score (nSPS) is 16.1. The molecule has 1 atom stereocenters. The average Bonchev–Trinajstić information content (AvgIpc) is 3.43. The second kappa shape index (κ2) is 15.9. The van der Waals surface area contributed by atoms with E-state index < -0.39 is 11.6 Å². The molecule has 39 heavy (non-hydrogen) atoms. The molecule has 0 spiro atoms. The lowest BCUT2D eigenvalue weighted by molar-refractivity contribution is 0.303. The van der Waals surface area contributed by atoms with Crippen molar-refractivity contribution in [3.63, 3.8) is 0 Å². The van der Waals surface area contributed by atoms with Crippen LogP contribution in [-0.2, 0) is 12.8 Å². The Morgan fingerprint density at radius 2 is 2.13 bits per heavy atom. The molecule has 1 aliphatic rings. The van der Waals surface area contributed by atoms with Crippen molar-refractivity contribution in [2.24, 2.45) is 15.0 Å². The summed E-state index contributed by atoms with van der Waals surface area (Å²) in [5.74, 6) is -0.682. The monoisotopic (exact) mass is 538 g/mol. The Balaban J connectivity index is 1.66. The number of aliphatic imine (C=N–C) groups is 3. The summed E-state index contributed by atoms with van der Waals surface area (Å²) in [6, 6.07) is 7.41. The van der Waals surface area contributed by atoms with Gasteiger partial charge in [-0.2, -0.15) is 0 Å². The maximum Gasteiger partial charge on any atom is 0.167 e. The first-order valence-electron chi connectivity index (χ1n) is 13.4. The highest BCUT2D eigenvalue weighted by Crippen LogP contribution is 2.28. The number of nitrogens with zero attached hydrogens (tertiary/aromatic N) is 5. The van der Waals surface area contributed by atoms with Gasteiger partial charge < -0.3 is 20.9 Å². The van der Waals surface area contributed by atoms with Gasteiger partial charge >= 0.3 is 0 Å². The SMILES string of the molecule is C=N/C=C(F)\C(=N/CNc1ccc(CCN(C)CC2CCCN2)cn1)c1cc(F)c(N=C)c(CCCNC)c1. The summed E-state index contributed by atoms with van der Waals surface area (Å²) < 4.78 is 29.8. The molecule has 0 bridgehead atoms. The van der Waals surface area contributed by atoms with Crippen LogP contribution in [0.5, 0.6) is 0 Å². The minimum absolute atomic E-state index is 0.0318. The summed E-state index contributed by atoms with van der Waals surface area (Å²) in [5.41, 5.74) is 2.20. The number of anilines is 1. The third-order valence-corrected chi connectivity index (χ3v) is 6.68. The van der Waals surface area contributed by atoms with Gasteiger partial charge in [0.05, 0.1) is 6.20 Å². The van der Waals surface area contributed by atoms with Crippen molar-refractivity contribution < 1.29 is 8.78 Å². The van der Waals surface area contributed by atoms with Crippen LogP contribution in [0.25, 0.3) is 0 Å². The van der Waals surface area contributed by atoms with E-state index in [2.05, 4.69) is 61.3 Å². The van der Waals surface area contributed by atoms with E-state index in [0.29, 0.717) is 29.4 Å². The van der Waals surface area contributed by atoms with Crippen molar-refractivity contribution in [1.82, 2.24) is 20.5 Å².